The van der Waals surface area contributed by atoms with Crippen molar-refractivity contribution in [2.75, 3.05) is 13.2 Å². The Kier molecular flexibility index (Phi) is 2.69. The largest absolute Gasteiger partial charge is 0.449 e. The molecule has 0 radical (unpaired) electrons. The lowest BCUT2D eigenvalue weighted by molar-refractivity contribution is 0.0927. The Morgan fingerprint density at radius 2 is 2.20 bits per heavy atom. The maximum absolute atomic E-state index is 10.9. The molecule has 3 nitrogen and oxygen atoms in total. The molecule has 1 amide bonds. The van der Waals surface area contributed by atoms with Gasteiger partial charge in [0.25, 0.3) is 0 Å². The van der Waals surface area contributed by atoms with Crippen LogP contribution in [-0.2, 0) is 10.2 Å². The molecule has 80 valence electrons. The van der Waals surface area contributed by atoms with Crippen LogP contribution in [0.25, 0.3) is 0 Å². The summed E-state index contributed by atoms with van der Waals surface area (Å²) in [5.74, 6) is 0. The summed E-state index contributed by atoms with van der Waals surface area (Å²) < 4.78 is 6.08. The summed E-state index contributed by atoms with van der Waals surface area (Å²) in [6.07, 6.45) is -0.334. The summed E-state index contributed by atoms with van der Waals surface area (Å²) in [6, 6.07) is 8.00. The Balaban J connectivity index is 2.30. The van der Waals surface area contributed by atoms with E-state index in [2.05, 4.69) is 28.2 Å². The highest BCUT2D eigenvalue weighted by Gasteiger charge is 2.34. The van der Waals surface area contributed by atoms with Crippen LogP contribution in [0.2, 0.25) is 0 Å². The molecule has 0 bridgehead atoms. The van der Waals surface area contributed by atoms with Crippen LogP contribution in [0.4, 0.5) is 4.79 Å². The number of halogens is 1. The minimum absolute atomic E-state index is 0.159. The van der Waals surface area contributed by atoms with Crippen molar-refractivity contribution in [1.29, 1.82) is 0 Å². The zero-order chi connectivity index (χ0) is 10.9. The summed E-state index contributed by atoms with van der Waals surface area (Å²) in [7, 11) is 0. The highest BCUT2D eigenvalue weighted by molar-refractivity contribution is 9.10. The third kappa shape index (κ3) is 2.00. The summed E-state index contributed by atoms with van der Waals surface area (Å²) in [4.78, 5) is 10.9. The summed E-state index contributed by atoms with van der Waals surface area (Å²) in [6.45, 7) is 3.10. The van der Waals surface area contributed by atoms with Crippen LogP contribution in [0.3, 0.4) is 0 Å². The standard InChI is InChI=1S/C11H12BrNO2/c1-11(6-13-10(14)15-7-11)8-4-2-3-5-9(8)12/h2-5H,6-7H2,1H3,(H,13,14). The van der Waals surface area contributed by atoms with Gasteiger partial charge in [-0.15, -0.1) is 0 Å². The van der Waals surface area contributed by atoms with E-state index in [1.807, 2.05) is 24.3 Å². The van der Waals surface area contributed by atoms with E-state index < -0.39 is 0 Å². The van der Waals surface area contributed by atoms with Gasteiger partial charge in [-0.3, -0.25) is 0 Å². The topological polar surface area (TPSA) is 38.3 Å². The first-order chi connectivity index (χ1) is 7.12. The molecule has 1 aromatic rings. The molecule has 15 heavy (non-hydrogen) atoms. The van der Waals surface area contributed by atoms with Crippen molar-refractivity contribution >= 4 is 22.0 Å². The molecule has 1 saturated heterocycles. The molecule has 1 aromatic carbocycles. The predicted molar refractivity (Wildman–Crippen MR) is 60.8 cm³/mol. The maximum atomic E-state index is 10.9. The van der Waals surface area contributed by atoms with E-state index >= 15 is 0 Å². The van der Waals surface area contributed by atoms with E-state index in [-0.39, 0.29) is 11.5 Å². The lowest BCUT2D eigenvalue weighted by atomic mass is 9.82. The Morgan fingerprint density at radius 1 is 1.47 bits per heavy atom. The number of cyclic esters (lactones) is 1. The Hall–Kier alpha value is -1.03. The second-order valence-corrected chi connectivity index (χ2v) is 4.82. The van der Waals surface area contributed by atoms with Gasteiger partial charge in [0.1, 0.15) is 6.61 Å². The minimum atomic E-state index is -0.334. The molecule has 0 aliphatic carbocycles. The Morgan fingerprint density at radius 3 is 2.80 bits per heavy atom. The molecule has 2 rings (SSSR count). The van der Waals surface area contributed by atoms with Gasteiger partial charge in [-0.2, -0.15) is 0 Å². The zero-order valence-electron chi connectivity index (χ0n) is 8.42. The Bertz CT molecular complexity index is 382. The molecule has 0 aromatic heterocycles. The number of benzene rings is 1. The number of carbonyl (C=O) groups excluding carboxylic acids is 1. The number of rotatable bonds is 1. The normalized spacial score (nSPS) is 25.6. The number of nitrogens with one attached hydrogen (secondary N) is 1. The number of ether oxygens (including phenoxy) is 1. The van der Waals surface area contributed by atoms with E-state index in [0.717, 1.165) is 10.0 Å². The highest BCUT2D eigenvalue weighted by Crippen LogP contribution is 2.31. The molecule has 1 aliphatic heterocycles. The van der Waals surface area contributed by atoms with Crippen molar-refractivity contribution in [3.63, 3.8) is 0 Å². The van der Waals surface area contributed by atoms with Crippen LogP contribution in [0.15, 0.2) is 28.7 Å². The molecule has 1 fully saturated rings. The molecule has 1 atom stereocenters. The molecule has 1 unspecified atom stereocenters. The number of hydrogen-bond acceptors (Lipinski definition) is 2. The molecular formula is C11H12BrNO2. The van der Waals surface area contributed by atoms with Crippen molar-refractivity contribution in [3.05, 3.63) is 34.3 Å². The van der Waals surface area contributed by atoms with Gasteiger partial charge in [0.15, 0.2) is 0 Å². The molecule has 4 heteroatoms. The fourth-order valence-corrected chi connectivity index (χ4v) is 2.48. The van der Waals surface area contributed by atoms with Gasteiger partial charge in [0, 0.05) is 16.4 Å². The summed E-state index contributed by atoms with van der Waals surface area (Å²) in [5.41, 5.74) is 0.999. The van der Waals surface area contributed by atoms with Crippen molar-refractivity contribution in [2.45, 2.75) is 12.3 Å². The minimum Gasteiger partial charge on any atom is -0.449 e. The molecule has 0 spiro atoms. The maximum Gasteiger partial charge on any atom is 0.407 e. The van der Waals surface area contributed by atoms with Gasteiger partial charge in [-0.05, 0) is 11.6 Å². The SMILES string of the molecule is CC1(c2ccccc2Br)CNC(=O)OC1. The third-order valence-electron chi connectivity index (χ3n) is 2.67. The van der Waals surface area contributed by atoms with Gasteiger partial charge in [0.2, 0.25) is 0 Å². The second kappa shape index (κ2) is 3.85. The molecule has 1 heterocycles. The number of hydrogen-bond donors (Lipinski definition) is 1. The van der Waals surface area contributed by atoms with Crippen LogP contribution in [0, 0.1) is 0 Å². The van der Waals surface area contributed by atoms with Gasteiger partial charge in [-0.25, -0.2) is 4.79 Å². The van der Waals surface area contributed by atoms with Gasteiger partial charge in [0.05, 0.1) is 0 Å². The lowest BCUT2D eigenvalue weighted by Crippen LogP contribution is -2.48. The van der Waals surface area contributed by atoms with E-state index in [1.54, 1.807) is 0 Å². The van der Waals surface area contributed by atoms with E-state index in [1.165, 1.54) is 0 Å². The number of alkyl carbamates (subject to hydrolysis) is 1. The third-order valence-corrected chi connectivity index (χ3v) is 3.36. The summed E-state index contributed by atoms with van der Waals surface area (Å²) >= 11 is 3.51. The Labute approximate surface area is 96.9 Å². The molecule has 1 aliphatic rings. The van der Waals surface area contributed by atoms with Crippen molar-refractivity contribution in [3.8, 4) is 0 Å². The van der Waals surface area contributed by atoms with Gasteiger partial charge in [-0.1, -0.05) is 41.1 Å². The van der Waals surface area contributed by atoms with Gasteiger partial charge >= 0.3 is 6.09 Å². The predicted octanol–water partition coefficient (Wildman–Crippen LogP) is 2.45. The number of amides is 1. The van der Waals surface area contributed by atoms with Crippen molar-refractivity contribution in [2.24, 2.45) is 0 Å². The van der Waals surface area contributed by atoms with Crippen molar-refractivity contribution in [1.82, 2.24) is 5.32 Å². The molecule has 0 saturated carbocycles. The average molecular weight is 270 g/mol. The molecule has 1 N–H and O–H groups in total. The quantitative estimate of drug-likeness (QED) is 0.851. The first-order valence-electron chi connectivity index (χ1n) is 4.77. The van der Waals surface area contributed by atoms with Crippen LogP contribution in [0.5, 0.6) is 0 Å². The molecular weight excluding hydrogens is 258 g/mol. The second-order valence-electron chi connectivity index (χ2n) is 3.97. The van der Waals surface area contributed by atoms with Crippen molar-refractivity contribution < 1.29 is 9.53 Å². The zero-order valence-corrected chi connectivity index (χ0v) is 10.0. The highest BCUT2D eigenvalue weighted by atomic mass is 79.9. The van der Waals surface area contributed by atoms with Crippen LogP contribution in [0.1, 0.15) is 12.5 Å². The lowest BCUT2D eigenvalue weighted by Gasteiger charge is -2.34. The van der Waals surface area contributed by atoms with Crippen LogP contribution in [-0.4, -0.2) is 19.2 Å². The first kappa shape index (κ1) is 10.5. The smallest absolute Gasteiger partial charge is 0.407 e. The fourth-order valence-electron chi connectivity index (χ4n) is 1.72. The number of carbonyl (C=O) groups is 1. The van der Waals surface area contributed by atoms with E-state index in [0.29, 0.717) is 13.2 Å². The van der Waals surface area contributed by atoms with Gasteiger partial charge < -0.3 is 10.1 Å². The summed E-state index contributed by atoms with van der Waals surface area (Å²) in [5, 5.41) is 2.72. The van der Waals surface area contributed by atoms with Crippen LogP contribution < -0.4 is 5.32 Å². The van der Waals surface area contributed by atoms with E-state index in [4.69, 9.17) is 4.74 Å². The fraction of sp³-hybridized carbons (Fsp3) is 0.364. The average Bonchev–Trinajstić information content (AvgIpc) is 2.23. The monoisotopic (exact) mass is 269 g/mol. The van der Waals surface area contributed by atoms with E-state index in [9.17, 15) is 4.79 Å². The van der Waals surface area contributed by atoms with Crippen LogP contribution >= 0.6 is 15.9 Å². The first-order valence-corrected chi connectivity index (χ1v) is 5.57.